The first-order chi connectivity index (χ1) is 12.7. The maximum atomic E-state index is 6.03. The predicted molar refractivity (Wildman–Crippen MR) is 102 cm³/mol. The van der Waals surface area contributed by atoms with Crippen LogP contribution in [0.2, 0.25) is 5.02 Å². The standard InChI is InChI=1S/C17H16ClN7S/c1-12-14(18)10-25(22-12)11-16-20-21-17(26-16)19-15-7-8-24(23-15)9-13-5-3-2-4-6-13/h2-8,10H,9,11H2,1H3,(H,19,21,23). The third-order valence-corrected chi connectivity index (χ3v) is 4.91. The molecule has 7 nitrogen and oxygen atoms in total. The minimum Gasteiger partial charge on any atom is -0.313 e. The zero-order valence-corrected chi connectivity index (χ0v) is 15.6. The molecule has 0 unspecified atom stereocenters. The summed E-state index contributed by atoms with van der Waals surface area (Å²) in [5, 5.41) is 22.6. The number of aromatic nitrogens is 6. The molecule has 1 aromatic carbocycles. The molecule has 4 aromatic rings. The average Bonchev–Trinajstić information content (AvgIpc) is 3.32. The highest BCUT2D eigenvalue weighted by molar-refractivity contribution is 7.15. The molecule has 9 heteroatoms. The summed E-state index contributed by atoms with van der Waals surface area (Å²) in [6.45, 7) is 3.14. The van der Waals surface area contributed by atoms with E-state index >= 15 is 0 Å². The van der Waals surface area contributed by atoms with E-state index in [2.05, 4.69) is 37.8 Å². The summed E-state index contributed by atoms with van der Waals surface area (Å²) in [5.74, 6) is 0.738. The summed E-state index contributed by atoms with van der Waals surface area (Å²) in [7, 11) is 0. The zero-order valence-electron chi connectivity index (χ0n) is 14.0. The topological polar surface area (TPSA) is 73.5 Å². The molecular formula is C17H16ClN7S. The van der Waals surface area contributed by atoms with Crippen LogP contribution in [0.25, 0.3) is 0 Å². The van der Waals surface area contributed by atoms with Crippen LogP contribution in [-0.4, -0.2) is 29.8 Å². The largest absolute Gasteiger partial charge is 0.313 e. The van der Waals surface area contributed by atoms with Gasteiger partial charge in [0.2, 0.25) is 5.13 Å². The molecule has 26 heavy (non-hydrogen) atoms. The maximum absolute atomic E-state index is 6.03. The molecule has 0 fully saturated rings. The first-order valence-electron chi connectivity index (χ1n) is 8.02. The van der Waals surface area contributed by atoms with Crippen LogP contribution in [-0.2, 0) is 13.1 Å². The van der Waals surface area contributed by atoms with Crippen molar-refractivity contribution in [3.8, 4) is 0 Å². The predicted octanol–water partition coefficient (Wildman–Crippen LogP) is 3.73. The molecule has 0 saturated heterocycles. The Morgan fingerprint density at radius 1 is 1.04 bits per heavy atom. The number of hydrogen-bond donors (Lipinski definition) is 1. The smallest absolute Gasteiger partial charge is 0.211 e. The lowest BCUT2D eigenvalue weighted by Gasteiger charge is -2.01. The zero-order chi connectivity index (χ0) is 17.9. The van der Waals surface area contributed by atoms with Crippen molar-refractivity contribution in [1.82, 2.24) is 29.8 Å². The van der Waals surface area contributed by atoms with Crippen LogP contribution in [0.15, 0.2) is 48.8 Å². The number of aryl methyl sites for hydroxylation is 1. The molecule has 0 amide bonds. The van der Waals surface area contributed by atoms with Crippen LogP contribution in [0.1, 0.15) is 16.3 Å². The highest BCUT2D eigenvalue weighted by Gasteiger charge is 2.09. The van der Waals surface area contributed by atoms with E-state index in [9.17, 15) is 0 Å². The number of rotatable bonds is 6. The normalized spacial score (nSPS) is 11.0. The van der Waals surface area contributed by atoms with Gasteiger partial charge >= 0.3 is 0 Å². The molecule has 0 aliphatic heterocycles. The van der Waals surface area contributed by atoms with E-state index in [1.54, 1.807) is 10.9 Å². The Morgan fingerprint density at radius 2 is 1.88 bits per heavy atom. The van der Waals surface area contributed by atoms with Crippen LogP contribution in [0.3, 0.4) is 0 Å². The summed E-state index contributed by atoms with van der Waals surface area (Å²) in [6.07, 6.45) is 3.72. The van der Waals surface area contributed by atoms with Crippen LogP contribution in [0.4, 0.5) is 10.9 Å². The van der Waals surface area contributed by atoms with Gasteiger partial charge in [-0.15, -0.1) is 10.2 Å². The number of nitrogens with one attached hydrogen (secondary N) is 1. The van der Waals surface area contributed by atoms with Gasteiger partial charge in [0.25, 0.3) is 0 Å². The second-order valence-electron chi connectivity index (χ2n) is 5.77. The first kappa shape index (κ1) is 16.7. The Balaban J connectivity index is 1.39. The van der Waals surface area contributed by atoms with Gasteiger partial charge in [0.05, 0.1) is 23.8 Å². The SMILES string of the molecule is Cc1nn(Cc2nnc(Nc3ccn(Cc4ccccc4)n3)s2)cc1Cl. The van der Waals surface area contributed by atoms with Crippen LogP contribution in [0, 0.1) is 6.92 Å². The van der Waals surface area contributed by atoms with Gasteiger partial charge in [-0.2, -0.15) is 10.2 Å². The summed E-state index contributed by atoms with van der Waals surface area (Å²) < 4.78 is 3.64. The van der Waals surface area contributed by atoms with E-state index in [0.717, 1.165) is 23.1 Å². The van der Waals surface area contributed by atoms with Crippen LogP contribution >= 0.6 is 22.9 Å². The molecule has 0 aliphatic carbocycles. The molecule has 0 radical (unpaired) electrons. The van der Waals surface area contributed by atoms with Gasteiger partial charge < -0.3 is 5.32 Å². The number of benzene rings is 1. The van der Waals surface area contributed by atoms with E-state index in [-0.39, 0.29) is 0 Å². The molecule has 1 N–H and O–H groups in total. The van der Waals surface area contributed by atoms with Crippen molar-refractivity contribution in [3.05, 3.63) is 70.1 Å². The fourth-order valence-corrected chi connectivity index (χ4v) is 3.37. The number of halogens is 1. The van der Waals surface area contributed by atoms with Gasteiger partial charge in [-0.05, 0) is 12.5 Å². The molecule has 132 valence electrons. The molecule has 3 aromatic heterocycles. The average molecular weight is 386 g/mol. The van der Waals surface area contributed by atoms with E-state index in [4.69, 9.17) is 11.6 Å². The number of anilines is 2. The van der Waals surface area contributed by atoms with Crippen molar-refractivity contribution in [1.29, 1.82) is 0 Å². The van der Waals surface area contributed by atoms with Gasteiger partial charge in [0, 0.05) is 18.5 Å². The Morgan fingerprint density at radius 3 is 2.65 bits per heavy atom. The minimum atomic E-state index is 0.537. The fourth-order valence-electron chi connectivity index (χ4n) is 2.48. The number of nitrogens with zero attached hydrogens (tertiary/aromatic N) is 6. The third-order valence-electron chi connectivity index (χ3n) is 3.71. The number of hydrogen-bond acceptors (Lipinski definition) is 6. The molecule has 0 atom stereocenters. The minimum absolute atomic E-state index is 0.537. The van der Waals surface area contributed by atoms with E-state index < -0.39 is 0 Å². The van der Waals surface area contributed by atoms with Crippen LogP contribution < -0.4 is 5.32 Å². The van der Waals surface area contributed by atoms with E-state index in [0.29, 0.717) is 16.7 Å². The lowest BCUT2D eigenvalue weighted by atomic mass is 10.2. The molecule has 0 spiro atoms. The lowest BCUT2D eigenvalue weighted by Crippen LogP contribution is -2.01. The molecule has 4 rings (SSSR count). The van der Waals surface area contributed by atoms with Gasteiger partial charge in [0.15, 0.2) is 5.82 Å². The van der Waals surface area contributed by atoms with Crippen molar-refractivity contribution >= 4 is 33.9 Å². The van der Waals surface area contributed by atoms with Gasteiger partial charge in [-0.25, -0.2) is 0 Å². The fraction of sp³-hybridized carbons (Fsp3) is 0.176. The monoisotopic (exact) mass is 385 g/mol. The second kappa shape index (κ2) is 7.27. The Hall–Kier alpha value is -2.71. The van der Waals surface area contributed by atoms with E-state index in [1.165, 1.54) is 16.9 Å². The van der Waals surface area contributed by atoms with Crippen molar-refractivity contribution < 1.29 is 0 Å². The molecule has 0 saturated carbocycles. The summed E-state index contributed by atoms with van der Waals surface area (Å²) in [4.78, 5) is 0. The Bertz CT molecular complexity index is 986. The van der Waals surface area contributed by atoms with Gasteiger partial charge in [-0.1, -0.05) is 53.3 Å². The Labute approximate surface area is 159 Å². The molecule has 0 aliphatic rings. The van der Waals surface area contributed by atoms with Crippen molar-refractivity contribution in [3.63, 3.8) is 0 Å². The molecule has 3 heterocycles. The Kier molecular flexibility index (Phi) is 4.68. The highest BCUT2D eigenvalue weighted by atomic mass is 35.5. The third kappa shape index (κ3) is 3.92. The van der Waals surface area contributed by atoms with Gasteiger partial charge in [0.1, 0.15) is 5.01 Å². The highest BCUT2D eigenvalue weighted by Crippen LogP contribution is 2.21. The van der Waals surface area contributed by atoms with E-state index in [1.807, 2.05) is 42.1 Å². The van der Waals surface area contributed by atoms with Crippen molar-refractivity contribution in [2.24, 2.45) is 0 Å². The lowest BCUT2D eigenvalue weighted by molar-refractivity contribution is 0.670. The summed E-state index contributed by atoms with van der Waals surface area (Å²) in [6, 6.07) is 12.1. The maximum Gasteiger partial charge on any atom is 0.211 e. The van der Waals surface area contributed by atoms with Crippen LogP contribution in [0.5, 0.6) is 0 Å². The second-order valence-corrected chi connectivity index (χ2v) is 7.24. The molecule has 0 bridgehead atoms. The van der Waals surface area contributed by atoms with Crippen molar-refractivity contribution in [2.75, 3.05) is 5.32 Å². The first-order valence-corrected chi connectivity index (χ1v) is 9.21. The van der Waals surface area contributed by atoms with Gasteiger partial charge in [-0.3, -0.25) is 9.36 Å². The quantitative estimate of drug-likeness (QED) is 0.547. The molecular weight excluding hydrogens is 370 g/mol. The summed E-state index contributed by atoms with van der Waals surface area (Å²) >= 11 is 7.49. The van der Waals surface area contributed by atoms with Crippen molar-refractivity contribution in [2.45, 2.75) is 20.0 Å². The summed E-state index contributed by atoms with van der Waals surface area (Å²) in [5.41, 5.74) is 2.01.